The number of fused-ring (bicyclic) bond motifs is 3. The normalized spacial score (nSPS) is 23.7. The van der Waals surface area contributed by atoms with Gasteiger partial charge in [-0.3, -0.25) is 14.2 Å². The van der Waals surface area contributed by atoms with E-state index in [1.54, 1.807) is 4.57 Å². The number of benzene rings is 1. The summed E-state index contributed by atoms with van der Waals surface area (Å²) >= 11 is 2.78. The molecule has 156 valence electrons. The van der Waals surface area contributed by atoms with Crippen molar-refractivity contribution in [2.45, 2.75) is 43.8 Å². The Balaban J connectivity index is 1.33. The number of carbonyl (C=O) groups excluding carboxylic acids is 1. The quantitative estimate of drug-likeness (QED) is 0.454. The SMILES string of the molecule is C[C@@H](NC(=O)CSc1nc2sccc2c(=O)n1-c1ccccc1)[C@@H]1C[C@H]2CC[C@H]1C2. The zero-order valence-electron chi connectivity index (χ0n) is 16.9. The molecule has 0 spiro atoms. The standard InChI is InChI=1S/C23H25N3O2S2/c1-14(19-12-15-7-8-16(19)11-15)24-20(27)13-30-23-25-21-18(9-10-29-21)22(28)26(23)17-5-3-2-4-6-17/h2-6,9-10,14-16,19H,7-8,11-13H2,1H3,(H,24,27)/t14-,15+,16+,19+/m1/s1. The van der Waals surface area contributed by atoms with Crippen LogP contribution in [-0.4, -0.2) is 27.3 Å². The molecular weight excluding hydrogens is 414 g/mol. The maximum atomic E-state index is 13.1. The van der Waals surface area contributed by atoms with E-state index in [0.717, 1.165) is 17.5 Å². The molecule has 2 aromatic heterocycles. The van der Waals surface area contributed by atoms with Gasteiger partial charge in [-0.25, -0.2) is 4.98 Å². The number of rotatable bonds is 6. The number of hydrogen-bond acceptors (Lipinski definition) is 5. The van der Waals surface area contributed by atoms with Crippen LogP contribution in [0, 0.1) is 17.8 Å². The van der Waals surface area contributed by atoms with E-state index in [1.165, 1.54) is 48.8 Å². The van der Waals surface area contributed by atoms with Crippen molar-refractivity contribution in [3.63, 3.8) is 0 Å². The lowest BCUT2D eigenvalue weighted by Gasteiger charge is -2.28. The van der Waals surface area contributed by atoms with Gasteiger partial charge >= 0.3 is 0 Å². The molecule has 0 radical (unpaired) electrons. The molecule has 2 heterocycles. The van der Waals surface area contributed by atoms with Crippen LogP contribution in [0.2, 0.25) is 0 Å². The molecule has 0 unspecified atom stereocenters. The van der Waals surface area contributed by atoms with Crippen LogP contribution in [0.4, 0.5) is 0 Å². The number of nitrogens with zero attached hydrogens (tertiary/aromatic N) is 2. The minimum Gasteiger partial charge on any atom is -0.353 e. The van der Waals surface area contributed by atoms with E-state index in [-0.39, 0.29) is 23.3 Å². The smallest absolute Gasteiger partial charge is 0.267 e. The van der Waals surface area contributed by atoms with Gasteiger partial charge in [-0.15, -0.1) is 11.3 Å². The third-order valence-corrected chi connectivity index (χ3v) is 8.38. The first-order valence-electron chi connectivity index (χ1n) is 10.6. The van der Waals surface area contributed by atoms with Gasteiger partial charge in [0.05, 0.1) is 16.8 Å². The Morgan fingerprint density at radius 2 is 2.10 bits per heavy atom. The number of carbonyl (C=O) groups is 1. The first-order chi connectivity index (χ1) is 14.6. The molecule has 2 saturated carbocycles. The molecule has 0 aliphatic heterocycles. The number of hydrogen-bond donors (Lipinski definition) is 1. The predicted octanol–water partition coefficient (Wildman–Crippen LogP) is 4.48. The van der Waals surface area contributed by atoms with Gasteiger partial charge in [-0.1, -0.05) is 36.4 Å². The maximum Gasteiger partial charge on any atom is 0.267 e. The van der Waals surface area contributed by atoms with Crippen molar-refractivity contribution < 1.29 is 4.79 Å². The van der Waals surface area contributed by atoms with Crippen molar-refractivity contribution in [3.8, 4) is 5.69 Å². The minimum absolute atomic E-state index is 0.00964. The second kappa shape index (κ2) is 8.19. The van der Waals surface area contributed by atoms with Crippen molar-refractivity contribution in [2.24, 2.45) is 17.8 Å². The van der Waals surface area contributed by atoms with Crippen LogP contribution < -0.4 is 10.9 Å². The highest BCUT2D eigenvalue weighted by Gasteiger charge is 2.42. The molecule has 1 amide bonds. The van der Waals surface area contributed by atoms with Crippen LogP contribution in [-0.2, 0) is 4.79 Å². The second-order valence-corrected chi connectivity index (χ2v) is 10.3. The van der Waals surface area contributed by atoms with Gasteiger partial charge in [0.25, 0.3) is 5.56 Å². The van der Waals surface area contributed by atoms with Gasteiger partial charge in [0.2, 0.25) is 5.91 Å². The van der Waals surface area contributed by atoms with E-state index in [1.807, 2.05) is 41.8 Å². The highest BCUT2D eigenvalue weighted by atomic mass is 32.2. The van der Waals surface area contributed by atoms with Gasteiger partial charge in [-0.2, -0.15) is 0 Å². The Morgan fingerprint density at radius 1 is 1.27 bits per heavy atom. The molecular formula is C23H25N3O2S2. The molecule has 5 rings (SSSR count). The van der Waals surface area contributed by atoms with E-state index >= 15 is 0 Å². The fourth-order valence-electron chi connectivity index (χ4n) is 5.24. The highest BCUT2D eigenvalue weighted by molar-refractivity contribution is 7.99. The van der Waals surface area contributed by atoms with Gasteiger partial charge < -0.3 is 5.32 Å². The highest BCUT2D eigenvalue weighted by Crippen LogP contribution is 2.49. The average molecular weight is 440 g/mol. The molecule has 1 aromatic carbocycles. The zero-order chi connectivity index (χ0) is 20.7. The van der Waals surface area contributed by atoms with Crippen LogP contribution >= 0.6 is 23.1 Å². The number of thioether (sulfide) groups is 1. The Morgan fingerprint density at radius 3 is 2.83 bits per heavy atom. The summed E-state index contributed by atoms with van der Waals surface area (Å²) in [7, 11) is 0. The van der Waals surface area contributed by atoms with Crippen molar-refractivity contribution in [1.82, 2.24) is 14.9 Å². The first kappa shape index (κ1) is 19.8. The first-order valence-corrected chi connectivity index (χ1v) is 12.4. The molecule has 3 aromatic rings. The fourth-order valence-corrected chi connectivity index (χ4v) is 6.86. The molecule has 2 aliphatic carbocycles. The lowest BCUT2D eigenvalue weighted by atomic mass is 9.84. The van der Waals surface area contributed by atoms with Crippen LogP contribution in [0.3, 0.4) is 0 Å². The van der Waals surface area contributed by atoms with Gasteiger partial charge in [0, 0.05) is 6.04 Å². The topological polar surface area (TPSA) is 64.0 Å². The number of para-hydroxylation sites is 1. The monoisotopic (exact) mass is 439 g/mol. The van der Waals surface area contributed by atoms with E-state index in [9.17, 15) is 9.59 Å². The second-order valence-electron chi connectivity index (χ2n) is 8.49. The molecule has 0 saturated heterocycles. The van der Waals surface area contributed by atoms with Crippen LogP contribution in [0.5, 0.6) is 0 Å². The number of aromatic nitrogens is 2. The summed E-state index contributed by atoms with van der Waals surface area (Å²) in [6.45, 7) is 2.14. The molecule has 4 atom stereocenters. The Kier molecular flexibility index (Phi) is 5.41. The van der Waals surface area contributed by atoms with Gasteiger partial charge in [-0.05, 0) is 67.5 Å². The summed E-state index contributed by atoms with van der Waals surface area (Å²) < 4.78 is 1.62. The Labute approximate surface area is 183 Å². The van der Waals surface area contributed by atoms with Crippen LogP contribution in [0.25, 0.3) is 15.9 Å². The molecule has 7 heteroatoms. The number of thiophene rings is 1. The Hall–Kier alpha value is -2.12. The third kappa shape index (κ3) is 3.69. The minimum atomic E-state index is -0.0919. The van der Waals surface area contributed by atoms with Crippen molar-refractivity contribution >= 4 is 39.2 Å². The Bertz CT molecular complexity index is 1120. The van der Waals surface area contributed by atoms with Crippen molar-refractivity contribution in [1.29, 1.82) is 0 Å². The summed E-state index contributed by atoms with van der Waals surface area (Å²) in [5, 5.41) is 6.26. The third-order valence-electron chi connectivity index (χ3n) is 6.64. The summed E-state index contributed by atoms with van der Waals surface area (Å²) in [4.78, 5) is 31.2. The number of amides is 1. The lowest BCUT2D eigenvalue weighted by Crippen LogP contribution is -2.41. The summed E-state index contributed by atoms with van der Waals surface area (Å²) in [6, 6.07) is 11.5. The zero-order valence-corrected chi connectivity index (χ0v) is 18.5. The van der Waals surface area contributed by atoms with E-state index in [0.29, 0.717) is 21.3 Å². The van der Waals surface area contributed by atoms with E-state index in [4.69, 9.17) is 4.98 Å². The van der Waals surface area contributed by atoms with Crippen LogP contribution in [0.15, 0.2) is 51.7 Å². The summed E-state index contributed by atoms with van der Waals surface area (Å²) in [5.74, 6) is 2.53. The summed E-state index contributed by atoms with van der Waals surface area (Å²) in [5.41, 5.74) is 0.673. The molecule has 30 heavy (non-hydrogen) atoms. The molecule has 2 fully saturated rings. The average Bonchev–Trinajstić information content (AvgIpc) is 3.50. The van der Waals surface area contributed by atoms with E-state index in [2.05, 4.69) is 12.2 Å². The van der Waals surface area contributed by atoms with Crippen molar-refractivity contribution in [3.05, 3.63) is 52.1 Å². The largest absolute Gasteiger partial charge is 0.353 e. The molecule has 2 aliphatic rings. The van der Waals surface area contributed by atoms with Crippen molar-refractivity contribution in [2.75, 3.05) is 5.75 Å². The molecule has 2 bridgehead atoms. The maximum absolute atomic E-state index is 13.1. The predicted molar refractivity (Wildman–Crippen MR) is 122 cm³/mol. The van der Waals surface area contributed by atoms with Crippen LogP contribution in [0.1, 0.15) is 32.6 Å². The number of nitrogens with one attached hydrogen (secondary N) is 1. The van der Waals surface area contributed by atoms with Gasteiger partial charge in [0.15, 0.2) is 5.16 Å². The molecule has 5 nitrogen and oxygen atoms in total. The van der Waals surface area contributed by atoms with E-state index < -0.39 is 0 Å². The van der Waals surface area contributed by atoms with Gasteiger partial charge in [0.1, 0.15) is 4.83 Å². The fraction of sp³-hybridized carbons (Fsp3) is 0.435. The molecule has 1 N–H and O–H groups in total. The lowest BCUT2D eigenvalue weighted by molar-refractivity contribution is -0.119. The summed E-state index contributed by atoms with van der Waals surface area (Å²) in [6.07, 6.45) is 5.28.